The second-order valence-corrected chi connectivity index (χ2v) is 6.82. The minimum atomic E-state index is -0.404. The zero-order valence-electron chi connectivity index (χ0n) is 14.3. The normalized spacial score (nSPS) is 23.8. The van der Waals surface area contributed by atoms with Gasteiger partial charge in [0.1, 0.15) is 6.10 Å². The van der Waals surface area contributed by atoms with E-state index in [1.165, 1.54) is 19.3 Å². The van der Waals surface area contributed by atoms with E-state index in [1.54, 1.807) is 0 Å². The quantitative estimate of drug-likeness (QED) is 0.707. The smallest absolute Gasteiger partial charge is 0.248 e. The van der Waals surface area contributed by atoms with Crippen molar-refractivity contribution < 1.29 is 14.3 Å². The molecule has 0 aromatic carbocycles. The summed E-state index contributed by atoms with van der Waals surface area (Å²) in [6, 6.07) is 1.27. The van der Waals surface area contributed by atoms with Crippen molar-refractivity contribution in [2.45, 2.75) is 77.2 Å². The monoisotopic (exact) mass is 312 g/mol. The van der Waals surface area contributed by atoms with E-state index in [4.69, 9.17) is 9.47 Å². The van der Waals surface area contributed by atoms with E-state index in [0.717, 1.165) is 32.0 Å². The van der Waals surface area contributed by atoms with E-state index < -0.39 is 6.10 Å². The molecule has 0 aromatic heterocycles. The number of carbonyl (C=O) groups is 1. The maximum absolute atomic E-state index is 12.1. The molecule has 1 heterocycles. The highest BCUT2D eigenvalue weighted by molar-refractivity contribution is 5.80. The molecule has 1 amide bonds. The van der Waals surface area contributed by atoms with Crippen LogP contribution in [-0.4, -0.2) is 61.4 Å². The summed E-state index contributed by atoms with van der Waals surface area (Å²) in [4.78, 5) is 14.5. The highest BCUT2D eigenvalue weighted by Crippen LogP contribution is 2.27. The van der Waals surface area contributed by atoms with Crippen LogP contribution >= 0.6 is 0 Å². The highest BCUT2D eigenvalue weighted by Gasteiger charge is 2.30. The topological polar surface area (TPSA) is 50.8 Å². The van der Waals surface area contributed by atoms with Gasteiger partial charge in [0, 0.05) is 31.8 Å². The number of hydrogen-bond donors (Lipinski definition) is 1. The predicted molar refractivity (Wildman–Crippen MR) is 86.9 cm³/mol. The van der Waals surface area contributed by atoms with Gasteiger partial charge in [-0.15, -0.1) is 0 Å². The molecule has 0 spiro atoms. The Balaban J connectivity index is 1.59. The second-order valence-electron chi connectivity index (χ2n) is 6.82. The Morgan fingerprint density at radius 1 is 1.27 bits per heavy atom. The zero-order chi connectivity index (χ0) is 15.9. The lowest BCUT2D eigenvalue weighted by molar-refractivity contribution is -0.135. The van der Waals surface area contributed by atoms with Crippen LogP contribution in [0.15, 0.2) is 0 Å². The first kappa shape index (κ1) is 17.7. The van der Waals surface area contributed by atoms with Gasteiger partial charge in [0.15, 0.2) is 0 Å². The van der Waals surface area contributed by atoms with Gasteiger partial charge in [-0.2, -0.15) is 0 Å². The molecule has 2 fully saturated rings. The van der Waals surface area contributed by atoms with Crippen LogP contribution in [0.25, 0.3) is 0 Å². The standard InChI is InChI=1S/C17H32N2O3/c1-13(2)19(15-7-8-15)10-9-18-17(20)14(3)22-12-16-6-4-5-11-21-16/h13-16H,4-12H2,1-3H3,(H,18,20). The van der Waals surface area contributed by atoms with Gasteiger partial charge in [-0.05, 0) is 52.9 Å². The van der Waals surface area contributed by atoms with Crippen molar-refractivity contribution in [2.75, 3.05) is 26.3 Å². The molecule has 1 aliphatic carbocycles. The van der Waals surface area contributed by atoms with Gasteiger partial charge < -0.3 is 14.8 Å². The molecule has 2 rings (SSSR count). The fourth-order valence-corrected chi connectivity index (χ4v) is 2.99. The SMILES string of the molecule is CC(OCC1CCCCO1)C(=O)NCCN(C(C)C)C1CC1. The third-order valence-electron chi connectivity index (χ3n) is 4.52. The lowest BCUT2D eigenvalue weighted by Crippen LogP contribution is -2.43. The third-order valence-corrected chi connectivity index (χ3v) is 4.52. The van der Waals surface area contributed by atoms with E-state index in [0.29, 0.717) is 19.2 Å². The number of carbonyl (C=O) groups excluding carboxylic acids is 1. The molecule has 0 bridgehead atoms. The fourth-order valence-electron chi connectivity index (χ4n) is 2.99. The van der Waals surface area contributed by atoms with Gasteiger partial charge in [-0.25, -0.2) is 0 Å². The van der Waals surface area contributed by atoms with Crippen LogP contribution in [0.3, 0.4) is 0 Å². The Labute approximate surface area is 134 Å². The lowest BCUT2D eigenvalue weighted by Gasteiger charge is -2.27. The van der Waals surface area contributed by atoms with Crippen molar-refractivity contribution in [2.24, 2.45) is 0 Å². The maximum atomic E-state index is 12.1. The Kier molecular flexibility index (Phi) is 7.12. The average Bonchev–Trinajstić information content (AvgIpc) is 3.34. The molecular formula is C17H32N2O3. The van der Waals surface area contributed by atoms with Crippen LogP contribution < -0.4 is 5.32 Å². The summed E-state index contributed by atoms with van der Waals surface area (Å²) in [6.45, 7) is 9.22. The molecule has 128 valence electrons. The molecule has 2 atom stereocenters. The molecule has 5 nitrogen and oxygen atoms in total. The minimum Gasteiger partial charge on any atom is -0.376 e. The molecule has 0 radical (unpaired) electrons. The molecule has 2 unspecified atom stereocenters. The van der Waals surface area contributed by atoms with Crippen LogP contribution in [0.1, 0.15) is 52.9 Å². The van der Waals surface area contributed by atoms with Crippen LogP contribution in [0.4, 0.5) is 0 Å². The number of hydrogen-bond acceptors (Lipinski definition) is 4. The van der Waals surface area contributed by atoms with Crippen molar-refractivity contribution in [3.8, 4) is 0 Å². The molecule has 0 aromatic rings. The van der Waals surface area contributed by atoms with Gasteiger partial charge in [0.25, 0.3) is 0 Å². The van der Waals surface area contributed by atoms with Gasteiger partial charge in [0.2, 0.25) is 5.91 Å². The van der Waals surface area contributed by atoms with E-state index in [2.05, 4.69) is 24.1 Å². The Hall–Kier alpha value is -0.650. The first-order valence-electron chi connectivity index (χ1n) is 8.84. The van der Waals surface area contributed by atoms with Crippen molar-refractivity contribution in [3.63, 3.8) is 0 Å². The number of nitrogens with zero attached hydrogens (tertiary/aromatic N) is 1. The largest absolute Gasteiger partial charge is 0.376 e. The predicted octanol–water partition coefficient (Wildman–Crippen LogP) is 1.95. The number of nitrogens with one attached hydrogen (secondary N) is 1. The second kappa shape index (κ2) is 8.85. The molecule has 2 aliphatic rings. The van der Waals surface area contributed by atoms with Gasteiger partial charge in [-0.1, -0.05) is 0 Å². The lowest BCUT2D eigenvalue weighted by atomic mass is 10.1. The van der Waals surface area contributed by atoms with E-state index in [-0.39, 0.29) is 12.0 Å². The van der Waals surface area contributed by atoms with Crippen LogP contribution in [0.5, 0.6) is 0 Å². The van der Waals surface area contributed by atoms with E-state index >= 15 is 0 Å². The van der Waals surface area contributed by atoms with Gasteiger partial charge in [-0.3, -0.25) is 9.69 Å². The molecule has 22 heavy (non-hydrogen) atoms. The fraction of sp³-hybridized carbons (Fsp3) is 0.941. The summed E-state index contributed by atoms with van der Waals surface area (Å²) in [5.74, 6) is -0.0182. The van der Waals surface area contributed by atoms with E-state index in [1.807, 2.05) is 6.92 Å². The summed E-state index contributed by atoms with van der Waals surface area (Å²) < 4.78 is 11.3. The van der Waals surface area contributed by atoms with Crippen LogP contribution in [0.2, 0.25) is 0 Å². The van der Waals surface area contributed by atoms with Crippen molar-refractivity contribution in [3.05, 3.63) is 0 Å². The summed E-state index contributed by atoms with van der Waals surface area (Å²) in [6.07, 6.45) is 5.73. The third kappa shape index (κ3) is 5.86. The first-order chi connectivity index (χ1) is 10.6. The van der Waals surface area contributed by atoms with Crippen LogP contribution in [0, 0.1) is 0 Å². The molecule has 1 N–H and O–H groups in total. The highest BCUT2D eigenvalue weighted by atomic mass is 16.5. The van der Waals surface area contributed by atoms with Gasteiger partial charge in [0.05, 0.1) is 12.7 Å². The minimum absolute atomic E-state index is 0.0182. The summed E-state index contributed by atoms with van der Waals surface area (Å²) in [7, 11) is 0. The summed E-state index contributed by atoms with van der Waals surface area (Å²) in [5.41, 5.74) is 0. The number of amides is 1. The molecule has 1 aliphatic heterocycles. The molecular weight excluding hydrogens is 280 g/mol. The first-order valence-corrected chi connectivity index (χ1v) is 8.84. The van der Waals surface area contributed by atoms with Crippen LogP contribution in [-0.2, 0) is 14.3 Å². The number of rotatable bonds is 9. The Morgan fingerprint density at radius 3 is 2.64 bits per heavy atom. The summed E-state index contributed by atoms with van der Waals surface area (Å²) >= 11 is 0. The summed E-state index contributed by atoms with van der Waals surface area (Å²) in [5, 5.41) is 2.99. The van der Waals surface area contributed by atoms with Crippen molar-refractivity contribution in [1.82, 2.24) is 10.2 Å². The molecule has 1 saturated carbocycles. The maximum Gasteiger partial charge on any atom is 0.248 e. The Morgan fingerprint density at radius 2 is 2.05 bits per heavy atom. The average molecular weight is 312 g/mol. The zero-order valence-corrected chi connectivity index (χ0v) is 14.3. The van der Waals surface area contributed by atoms with E-state index in [9.17, 15) is 4.79 Å². The van der Waals surface area contributed by atoms with Crippen molar-refractivity contribution >= 4 is 5.91 Å². The molecule has 5 heteroatoms. The van der Waals surface area contributed by atoms with Crippen molar-refractivity contribution in [1.29, 1.82) is 0 Å². The number of ether oxygens (including phenoxy) is 2. The molecule has 1 saturated heterocycles. The van der Waals surface area contributed by atoms with Gasteiger partial charge >= 0.3 is 0 Å². The Bertz CT molecular complexity index is 337.